The number of ether oxygens (including phenoxy) is 1. The molecule has 2 amide bonds. The topological polar surface area (TPSA) is 110 Å². The van der Waals surface area contributed by atoms with Crippen molar-refractivity contribution in [1.82, 2.24) is 4.90 Å². The molecular weight excluding hydrogens is 701 g/mol. The van der Waals surface area contributed by atoms with Crippen LogP contribution in [0.3, 0.4) is 0 Å². The van der Waals surface area contributed by atoms with Crippen LogP contribution in [0.1, 0.15) is 55.4 Å². The molecule has 2 saturated carbocycles. The number of carbonyl (C=O) groups is 2. The van der Waals surface area contributed by atoms with Crippen molar-refractivity contribution in [2.45, 2.75) is 61.6 Å². The summed E-state index contributed by atoms with van der Waals surface area (Å²) in [6.45, 7) is 0.103. The van der Waals surface area contributed by atoms with E-state index >= 15 is 0 Å². The van der Waals surface area contributed by atoms with E-state index in [2.05, 4.69) is 22.6 Å². The van der Waals surface area contributed by atoms with Crippen molar-refractivity contribution in [3.8, 4) is 0 Å². The van der Waals surface area contributed by atoms with Crippen LogP contribution in [-0.4, -0.2) is 49.1 Å². The molecule has 8 nitrogen and oxygen atoms in total. The quantitative estimate of drug-likeness (QED) is 0.258. The molecule has 0 spiro atoms. The van der Waals surface area contributed by atoms with Crippen molar-refractivity contribution in [3.05, 3.63) is 98.6 Å². The zero-order valence-electron chi connectivity index (χ0n) is 23.4. The lowest BCUT2D eigenvalue weighted by Gasteiger charge is -2.49. The Morgan fingerprint density at radius 1 is 1.00 bits per heavy atom. The van der Waals surface area contributed by atoms with Gasteiger partial charge in [0.1, 0.15) is 12.2 Å². The van der Waals surface area contributed by atoms with Gasteiger partial charge in [-0.25, -0.2) is 8.42 Å². The molecule has 0 aromatic heterocycles. The number of amides is 2. The predicted molar refractivity (Wildman–Crippen MR) is 174 cm³/mol. The molecule has 1 saturated heterocycles. The van der Waals surface area contributed by atoms with Gasteiger partial charge in [0.15, 0.2) is 0 Å². The van der Waals surface area contributed by atoms with Gasteiger partial charge in [-0.1, -0.05) is 54.1 Å². The monoisotopic (exact) mass is 733 g/mol. The zero-order valence-corrected chi connectivity index (χ0v) is 27.1. The number of benzene rings is 3. The van der Waals surface area contributed by atoms with Crippen LogP contribution in [-0.2, 0) is 24.3 Å². The summed E-state index contributed by atoms with van der Waals surface area (Å²) in [7, 11) is -3.66. The van der Waals surface area contributed by atoms with Gasteiger partial charge in [0.25, 0.3) is 5.91 Å². The molecule has 3 fully saturated rings. The molecule has 4 atom stereocenters. The second kappa shape index (κ2) is 12.4. The molecule has 226 valence electrons. The van der Waals surface area contributed by atoms with Gasteiger partial charge in [0, 0.05) is 8.59 Å². The largest absolute Gasteiger partial charge is 0.370 e. The van der Waals surface area contributed by atoms with E-state index in [0.717, 1.165) is 27.5 Å². The van der Waals surface area contributed by atoms with Crippen molar-refractivity contribution in [3.63, 3.8) is 0 Å². The Kier molecular flexibility index (Phi) is 8.74. The maximum absolute atomic E-state index is 14.4. The summed E-state index contributed by atoms with van der Waals surface area (Å²) in [5.41, 5.74) is 7.84. The summed E-state index contributed by atoms with van der Waals surface area (Å²) in [5, 5.41) is 0.127. The molecule has 0 bridgehead atoms. The third kappa shape index (κ3) is 6.57. The molecule has 3 aliphatic rings. The van der Waals surface area contributed by atoms with Crippen molar-refractivity contribution in [1.29, 1.82) is 0 Å². The molecule has 11 heteroatoms. The molecule has 0 unspecified atom stereocenters. The van der Waals surface area contributed by atoms with Crippen LogP contribution in [0.5, 0.6) is 0 Å². The molecular formula is C32H33ClIN3O5S. The fourth-order valence-corrected chi connectivity index (χ4v) is 8.56. The Morgan fingerprint density at radius 3 is 2.30 bits per heavy atom. The van der Waals surface area contributed by atoms with Gasteiger partial charge < -0.3 is 15.4 Å². The second-order valence-electron chi connectivity index (χ2n) is 11.5. The highest BCUT2D eigenvalue weighted by Crippen LogP contribution is 2.48. The summed E-state index contributed by atoms with van der Waals surface area (Å²) in [4.78, 5) is 28.4. The number of primary amides is 1. The van der Waals surface area contributed by atoms with Crippen LogP contribution >= 0.6 is 34.2 Å². The zero-order chi connectivity index (χ0) is 30.3. The van der Waals surface area contributed by atoms with Gasteiger partial charge in [-0.3, -0.25) is 13.9 Å². The molecule has 6 rings (SSSR count). The summed E-state index contributed by atoms with van der Waals surface area (Å²) in [6, 6.07) is 23.2. The molecule has 43 heavy (non-hydrogen) atoms. The first-order valence-electron chi connectivity index (χ1n) is 14.5. The van der Waals surface area contributed by atoms with Crippen molar-refractivity contribution < 1.29 is 22.7 Å². The first-order chi connectivity index (χ1) is 20.6. The minimum Gasteiger partial charge on any atom is -0.370 e. The Morgan fingerprint density at radius 2 is 1.70 bits per heavy atom. The van der Waals surface area contributed by atoms with E-state index in [1.807, 2.05) is 54.6 Å². The SMILES string of the molecule is NC(=O)C[C@@H]1O[C@H](c2cccc(I)c2)[C@@H](c2ccc(Cl)cc2)N([C@H](CN(c2ccccc2)S(=O)(=O)C2CC2)C2CC2)C1=O. The Bertz CT molecular complexity index is 1600. The number of morpholine rings is 1. The van der Waals surface area contributed by atoms with E-state index in [1.54, 1.807) is 29.2 Å². The first kappa shape index (κ1) is 30.4. The Balaban J connectivity index is 1.49. The second-order valence-corrected chi connectivity index (χ2v) is 15.3. The maximum atomic E-state index is 14.4. The third-order valence-corrected chi connectivity index (χ3v) is 11.6. The standard InChI is InChI=1S/C32H33ClIN3O5S/c33-23-13-11-21(12-14-23)30-31(22-5-4-6-24(34)17-22)42-28(18-29(35)38)32(39)37(30)27(20-9-10-20)19-36(25-7-2-1-3-8-25)43(40,41)26-15-16-26/h1-8,11-14,17,20,26-28,30-31H,9-10,15-16,18-19H2,(H2,35,38)/t27-,28+,30-,31-/m1/s1. The number of sulfonamides is 1. The van der Waals surface area contributed by atoms with E-state index in [-0.39, 0.29) is 24.8 Å². The minimum atomic E-state index is -3.66. The van der Waals surface area contributed by atoms with Crippen LogP contribution in [0.25, 0.3) is 0 Å². The smallest absolute Gasteiger partial charge is 0.253 e. The highest BCUT2D eigenvalue weighted by atomic mass is 127. The average Bonchev–Trinajstić information content (AvgIpc) is 3.89. The van der Waals surface area contributed by atoms with Gasteiger partial charge in [0.05, 0.1) is 36.0 Å². The predicted octanol–water partition coefficient (Wildman–Crippen LogP) is 5.61. The van der Waals surface area contributed by atoms with Gasteiger partial charge in [-0.05, 0) is 102 Å². The number of anilines is 1. The number of nitrogens with zero attached hydrogens (tertiary/aromatic N) is 2. The number of nitrogens with two attached hydrogens (primary N) is 1. The lowest BCUT2D eigenvalue weighted by atomic mass is 9.89. The van der Waals surface area contributed by atoms with Crippen molar-refractivity contribution in [2.75, 3.05) is 10.8 Å². The van der Waals surface area contributed by atoms with Gasteiger partial charge >= 0.3 is 0 Å². The van der Waals surface area contributed by atoms with E-state index in [0.29, 0.717) is 23.6 Å². The van der Waals surface area contributed by atoms with E-state index in [1.165, 1.54) is 4.31 Å². The molecule has 2 aliphatic carbocycles. The molecule has 3 aromatic rings. The van der Waals surface area contributed by atoms with Crippen molar-refractivity contribution >= 4 is 61.7 Å². The Labute approximate surface area is 270 Å². The van der Waals surface area contributed by atoms with Crippen LogP contribution in [0.2, 0.25) is 5.02 Å². The van der Waals surface area contributed by atoms with Gasteiger partial charge in [-0.15, -0.1) is 0 Å². The highest BCUT2D eigenvalue weighted by Gasteiger charge is 2.52. The van der Waals surface area contributed by atoms with E-state index < -0.39 is 45.5 Å². The van der Waals surface area contributed by atoms with Gasteiger partial charge in [-0.2, -0.15) is 0 Å². The van der Waals surface area contributed by atoms with E-state index in [9.17, 15) is 18.0 Å². The van der Waals surface area contributed by atoms with Crippen molar-refractivity contribution in [2.24, 2.45) is 11.7 Å². The maximum Gasteiger partial charge on any atom is 0.253 e. The molecule has 0 radical (unpaired) electrons. The summed E-state index contributed by atoms with van der Waals surface area (Å²) in [5.74, 6) is -0.924. The molecule has 3 aromatic carbocycles. The summed E-state index contributed by atoms with van der Waals surface area (Å²) >= 11 is 8.52. The lowest BCUT2D eigenvalue weighted by Crippen LogP contribution is -2.59. The average molecular weight is 734 g/mol. The number of hydrogen-bond donors (Lipinski definition) is 1. The molecule has 2 N–H and O–H groups in total. The Hall–Kier alpha value is -2.67. The van der Waals surface area contributed by atoms with Crippen LogP contribution < -0.4 is 10.0 Å². The van der Waals surface area contributed by atoms with Gasteiger partial charge in [0.2, 0.25) is 15.9 Å². The fraction of sp³-hybridized carbons (Fsp3) is 0.375. The van der Waals surface area contributed by atoms with Crippen LogP contribution in [0.15, 0.2) is 78.9 Å². The fourth-order valence-electron chi connectivity index (χ4n) is 6.00. The highest BCUT2D eigenvalue weighted by molar-refractivity contribution is 14.1. The number of carbonyl (C=O) groups excluding carboxylic acids is 2. The summed E-state index contributed by atoms with van der Waals surface area (Å²) in [6.07, 6.45) is 0.966. The lowest BCUT2D eigenvalue weighted by molar-refractivity contribution is -0.181. The van der Waals surface area contributed by atoms with E-state index in [4.69, 9.17) is 22.1 Å². The number of hydrogen-bond acceptors (Lipinski definition) is 5. The number of para-hydroxylation sites is 1. The molecule has 1 heterocycles. The third-order valence-electron chi connectivity index (χ3n) is 8.38. The molecule has 1 aliphatic heterocycles. The number of rotatable bonds is 11. The summed E-state index contributed by atoms with van der Waals surface area (Å²) < 4.78 is 36.7. The minimum absolute atomic E-state index is 0.0863. The normalized spacial score (nSPS) is 23.2. The number of halogens is 2. The van der Waals surface area contributed by atoms with Crippen LogP contribution in [0.4, 0.5) is 5.69 Å². The van der Waals surface area contributed by atoms with Crippen LogP contribution in [0, 0.1) is 9.49 Å². The first-order valence-corrected chi connectivity index (χ1v) is 17.4.